The Labute approximate surface area is 170 Å². The average Bonchev–Trinajstić information content (AvgIpc) is 3.22. The molecule has 0 aromatic carbocycles. The molecule has 0 radical (unpaired) electrons. The third-order valence-electron chi connectivity index (χ3n) is 5.08. The van der Waals surface area contributed by atoms with Gasteiger partial charge in [0.2, 0.25) is 0 Å². The molecule has 1 aromatic heterocycles. The highest BCUT2D eigenvalue weighted by molar-refractivity contribution is 14.0. The third-order valence-corrected chi connectivity index (χ3v) is 5.08. The number of halogens is 1. The van der Waals surface area contributed by atoms with E-state index in [0.717, 1.165) is 38.7 Å². The zero-order valence-corrected chi connectivity index (χ0v) is 18.7. The summed E-state index contributed by atoms with van der Waals surface area (Å²) in [7, 11) is 4.17. The van der Waals surface area contributed by atoms with E-state index in [4.69, 9.17) is 4.99 Å². The maximum absolute atomic E-state index is 4.85. The van der Waals surface area contributed by atoms with Crippen molar-refractivity contribution in [3.8, 4) is 0 Å². The quantitative estimate of drug-likeness (QED) is 0.385. The summed E-state index contributed by atoms with van der Waals surface area (Å²) in [5, 5.41) is 7.76. The summed E-state index contributed by atoms with van der Waals surface area (Å²) in [6.45, 7) is 11.5. The zero-order valence-electron chi connectivity index (χ0n) is 16.4. The van der Waals surface area contributed by atoms with Crippen molar-refractivity contribution in [3.63, 3.8) is 0 Å². The minimum atomic E-state index is 0. The van der Waals surface area contributed by atoms with Crippen molar-refractivity contribution in [3.05, 3.63) is 18.0 Å². The Morgan fingerprint density at radius 1 is 1.48 bits per heavy atom. The van der Waals surface area contributed by atoms with Gasteiger partial charge in [0.05, 0.1) is 12.7 Å². The fourth-order valence-corrected chi connectivity index (χ4v) is 3.15. The smallest absolute Gasteiger partial charge is 0.193 e. The molecular formula is C18H35IN6. The Balaban J connectivity index is 0.00000312. The summed E-state index contributed by atoms with van der Waals surface area (Å²) >= 11 is 0. The van der Waals surface area contributed by atoms with Gasteiger partial charge in [0.15, 0.2) is 5.96 Å². The molecule has 1 N–H and O–H groups in total. The topological polar surface area (TPSA) is 48.7 Å². The Morgan fingerprint density at radius 3 is 2.84 bits per heavy atom. The van der Waals surface area contributed by atoms with Crippen LogP contribution in [0, 0.1) is 0 Å². The largest absolute Gasteiger partial charge is 0.357 e. The van der Waals surface area contributed by atoms with Crippen LogP contribution < -0.4 is 5.32 Å². The van der Waals surface area contributed by atoms with Gasteiger partial charge in [-0.15, -0.1) is 24.0 Å². The predicted molar refractivity (Wildman–Crippen MR) is 116 cm³/mol. The van der Waals surface area contributed by atoms with Gasteiger partial charge in [0.25, 0.3) is 0 Å². The van der Waals surface area contributed by atoms with E-state index in [9.17, 15) is 0 Å². The van der Waals surface area contributed by atoms with Crippen LogP contribution in [0.2, 0.25) is 0 Å². The van der Waals surface area contributed by atoms with Gasteiger partial charge in [0.1, 0.15) is 0 Å². The second-order valence-corrected chi connectivity index (χ2v) is 6.85. The molecule has 1 saturated heterocycles. The Morgan fingerprint density at radius 2 is 2.24 bits per heavy atom. The number of aromatic nitrogens is 2. The summed E-state index contributed by atoms with van der Waals surface area (Å²) in [5.41, 5.74) is 1.34. The molecule has 7 heteroatoms. The lowest BCUT2D eigenvalue weighted by Crippen LogP contribution is -2.40. The molecule has 0 spiro atoms. The molecule has 1 aliphatic heterocycles. The van der Waals surface area contributed by atoms with Crippen molar-refractivity contribution in [1.29, 1.82) is 0 Å². The molecule has 1 aromatic rings. The standard InChI is InChI=1S/C18H34N6.HI/c1-6-15(3)22(4)11-9-20-18(19-7-2)24-10-8-16(14-24)17-12-21-23(5)13-17;/h12-13,15-16H,6-11,14H2,1-5H3,(H,19,20);1H. The Hall–Kier alpha value is -0.830. The number of likely N-dealkylation sites (N-methyl/N-ethyl adjacent to an activating group) is 1. The molecule has 1 fully saturated rings. The van der Waals surface area contributed by atoms with E-state index in [1.165, 1.54) is 18.4 Å². The van der Waals surface area contributed by atoms with E-state index in [0.29, 0.717) is 12.0 Å². The van der Waals surface area contributed by atoms with Crippen molar-refractivity contribution >= 4 is 29.9 Å². The molecule has 144 valence electrons. The summed E-state index contributed by atoms with van der Waals surface area (Å²) in [5.74, 6) is 1.62. The molecule has 2 unspecified atom stereocenters. The van der Waals surface area contributed by atoms with Crippen molar-refractivity contribution in [2.45, 2.75) is 45.6 Å². The normalized spacial score (nSPS) is 19.2. The van der Waals surface area contributed by atoms with E-state index in [2.05, 4.69) is 54.2 Å². The van der Waals surface area contributed by atoms with Crippen molar-refractivity contribution in [2.24, 2.45) is 12.0 Å². The van der Waals surface area contributed by atoms with E-state index in [-0.39, 0.29) is 24.0 Å². The van der Waals surface area contributed by atoms with Crippen LogP contribution in [0.5, 0.6) is 0 Å². The number of nitrogens with zero attached hydrogens (tertiary/aromatic N) is 5. The molecule has 0 aliphatic carbocycles. The van der Waals surface area contributed by atoms with E-state index >= 15 is 0 Å². The zero-order chi connectivity index (χ0) is 17.5. The lowest BCUT2D eigenvalue weighted by atomic mass is 10.0. The highest BCUT2D eigenvalue weighted by atomic mass is 127. The summed E-state index contributed by atoms with van der Waals surface area (Å²) in [4.78, 5) is 9.63. The first-order valence-electron chi connectivity index (χ1n) is 9.27. The first-order valence-corrected chi connectivity index (χ1v) is 9.27. The molecule has 2 rings (SSSR count). The van der Waals surface area contributed by atoms with Crippen LogP contribution in [0.25, 0.3) is 0 Å². The summed E-state index contributed by atoms with van der Waals surface area (Å²) < 4.78 is 1.89. The van der Waals surface area contributed by atoms with Crippen LogP contribution >= 0.6 is 24.0 Å². The SMILES string of the molecule is CCNC(=NCCN(C)C(C)CC)N1CCC(c2cnn(C)c2)C1.I. The Bertz CT molecular complexity index is 529. The van der Waals surface area contributed by atoms with Gasteiger partial charge in [0, 0.05) is 51.4 Å². The van der Waals surface area contributed by atoms with Crippen LogP contribution in [0.15, 0.2) is 17.4 Å². The number of likely N-dealkylation sites (tertiary alicyclic amines) is 1. The summed E-state index contributed by atoms with van der Waals surface area (Å²) in [6.07, 6.45) is 6.49. The van der Waals surface area contributed by atoms with Crippen LogP contribution in [0.3, 0.4) is 0 Å². The van der Waals surface area contributed by atoms with E-state index < -0.39 is 0 Å². The molecule has 1 aliphatic rings. The second kappa shape index (κ2) is 11.0. The number of rotatable bonds is 7. The minimum Gasteiger partial charge on any atom is -0.357 e. The second-order valence-electron chi connectivity index (χ2n) is 6.85. The van der Waals surface area contributed by atoms with Crippen LogP contribution in [-0.4, -0.2) is 71.4 Å². The van der Waals surface area contributed by atoms with Gasteiger partial charge in [-0.1, -0.05) is 6.92 Å². The molecule has 0 bridgehead atoms. The highest BCUT2D eigenvalue weighted by Gasteiger charge is 2.26. The average molecular weight is 462 g/mol. The van der Waals surface area contributed by atoms with Crippen molar-refractivity contribution < 1.29 is 0 Å². The number of aliphatic imine (C=N–C) groups is 1. The fourth-order valence-electron chi connectivity index (χ4n) is 3.15. The monoisotopic (exact) mass is 462 g/mol. The molecule has 2 atom stereocenters. The molecule has 2 heterocycles. The van der Waals surface area contributed by atoms with Crippen LogP contribution in [0.1, 0.15) is 45.1 Å². The van der Waals surface area contributed by atoms with Crippen LogP contribution in [-0.2, 0) is 7.05 Å². The highest BCUT2D eigenvalue weighted by Crippen LogP contribution is 2.26. The van der Waals surface area contributed by atoms with Gasteiger partial charge in [-0.25, -0.2) is 0 Å². The van der Waals surface area contributed by atoms with E-state index in [1.54, 1.807) is 0 Å². The van der Waals surface area contributed by atoms with Gasteiger partial charge in [-0.05, 0) is 39.3 Å². The number of nitrogens with one attached hydrogen (secondary N) is 1. The fraction of sp³-hybridized carbons (Fsp3) is 0.778. The van der Waals surface area contributed by atoms with Gasteiger partial charge in [-0.2, -0.15) is 5.10 Å². The number of hydrogen-bond donors (Lipinski definition) is 1. The summed E-state index contributed by atoms with van der Waals surface area (Å²) in [6, 6.07) is 0.615. The van der Waals surface area contributed by atoms with Gasteiger partial charge in [-0.3, -0.25) is 9.67 Å². The van der Waals surface area contributed by atoms with Gasteiger partial charge < -0.3 is 15.1 Å². The first-order chi connectivity index (χ1) is 11.5. The molecule has 6 nitrogen and oxygen atoms in total. The lowest BCUT2D eigenvalue weighted by Gasteiger charge is -2.24. The molecule has 0 amide bonds. The van der Waals surface area contributed by atoms with Gasteiger partial charge >= 0.3 is 0 Å². The van der Waals surface area contributed by atoms with Crippen molar-refractivity contribution in [2.75, 3.05) is 39.8 Å². The first kappa shape index (κ1) is 22.2. The van der Waals surface area contributed by atoms with Crippen molar-refractivity contribution in [1.82, 2.24) is 24.9 Å². The lowest BCUT2D eigenvalue weighted by molar-refractivity contribution is 0.259. The Kier molecular flexibility index (Phi) is 9.78. The van der Waals surface area contributed by atoms with E-state index in [1.807, 2.05) is 17.9 Å². The van der Waals surface area contributed by atoms with Crippen LogP contribution in [0.4, 0.5) is 0 Å². The predicted octanol–water partition coefficient (Wildman–Crippen LogP) is 2.52. The number of guanidine groups is 1. The molecular weight excluding hydrogens is 427 g/mol. The third kappa shape index (κ3) is 6.44. The minimum absolute atomic E-state index is 0. The number of aryl methyl sites for hydroxylation is 1. The molecule has 0 saturated carbocycles. The maximum atomic E-state index is 4.85. The maximum Gasteiger partial charge on any atom is 0.193 e. The molecule has 25 heavy (non-hydrogen) atoms. The number of hydrogen-bond acceptors (Lipinski definition) is 3.